The summed E-state index contributed by atoms with van der Waals surface area (Å²) in [5.74, 6) is 1.45. The first-order valence-corrected chi connectivity index (χ1v) is 7.55. The minimum atomic E-state index is -0.405. The minimum Gasteiger partial charge on any atom is -0.444 e. The summed E-state index contributed by atoms with van der Waals surface area (Å²) in [5.41, 5.74) is -0.405. The third kappa shape index (κ3) is 6.29. The third-order valence-corrected chi connectivity index (χ3v) is 4.03. The molecule has 1 aliphatic carbocycles. The van der Waals surface area contributed by atoms with Gasteiger partial charge in [0.25, 0.3) is 0 Å². The molecule has 0 heterocycles. The molecular weight excluding hydrogens is 282 g/mol. The molecule has 1 amide bonds. The number of rotatable bonds is 3. The number of carbonyl (C=O) groups excluding carboxylic acids is 1. The molecule has 0 spiro atoms. The molecule has 0 unspecified atom stereocenters. The lowest BCUT2D eigenvalue weighted by Gasteiger charge is -2.28. The fraction of sp³-hybridized carbons (Fsp3) is 0.923. The normalized spacial score (nSPS) is 25.4. The summed E-state index contributed by atoms with van der Waals surface area (Å²) in [7, 11) is 0. The molecular formula is C13H24BrNO2. The van der Waals surface area contributed by atoms with Crippen LogP contribution in [-0.2, 0) is 4.74 Å². The van der Waals surface area contributed by atoms with Crippen molar-refractivity contribution >= 4 is 22.0 Å². The Labute approximate surface area is 113 Å². The van der Waals surface area contributed by atoms with Gasteiger partial charge in [0.2, 0.25) is 0 Å². The van der Waals surface area contributed by atoms with Gasteiger partial charge >= 0.3 is 6.09 Å². The number of halogens is 1. The van der Waals surface area contributed by atoms with Crippen molar-refractivity contribution < 1.29 is 9.53 Å². The summed E-state index contributed by atoms with van der Waals surface area (Å²) in [5, 5.41) is 3.98. The maximum Gasteiger partial charge on any atom is 0.407 e. The first kappa shape index (κ1) is 14.8. The average Bonchev–Trinajstić information content (AvgIpc) is 2.25. The molecule has 1 saturated carbocycles. The largest absolute Gasteiger partial charge is 0.444 e. The Morgan fingerprint density at radius 2 is 1.76 bits per heavy atom. The predicted octanol–water partition coefficient (Wildman–Crippen LogP) is 3.71. The van der Waals surface area contributed by atoms with Crippen molar-refractivity contribution in [2.24, 2.45) is 11.8 Å². The van der Waals surface area contributed by atoms with E-state index in [9.17, 15) is 4.79 Å². The molecule has 4 heteroatoms. The quantitative estimate of drug-likeness (QED) is 0.807. The van der Waals surface area contributed by atoms with Gasteiger partial charge in [-0.05, 0) is 58.3 Å². The summed E-state index contributed by atoms with van der Waals surface area (Å²) in [6, 6.07) is 0. The van der Waals surface area contributed by atoms with Crippen LogP contribution in [0.25, 0.3) is 0 Å². The van der Waals surface area contributed by atoms with Crippen LogP contribution >= 0.6 is 15.9 Å². The molecule has 0 aromatic carbocycles. The second-order valence-electron chi connectivity index (χ2n) is 5.92. The molecule has 1 N–H and O–H groups in total. The van der Waals surface area contributed by atoms with E-state index in [1.54, 1.807) is 0 Å². The van der Waals surface area contributed by atoms with Crippen molar-refractivity contribution in [2.45, 2.75) is 52.1 Å². The fourth-order valence-electron chi connectivity index (χ4n) is 2.13. The highest BCUT2D eigenvalue weighted by atomic mass is 79.9. The Balaban J connectivity index is 2.17. The highest BCUT2D eigenvalue weighted by Gasteiger charge is 2.22. The average molecular weight is 306 g/mol. The van der Waals surface area contributed by atoms with Gasteiger partial charge in [-0.3, -0.25) is 0 Å². The van der Waals surface area contributed by atoms with Crippen molar-refractivity contribution in [1.82, 2.24) is 5.32 Å². The molecule has 0 bridgehead atoms. The fourth-order valence-corrected chi connectivity index (χ4v) is 2.78. The number of carbonyl (C=O) groups is 1. The Morgan fingerprint density at radius 1 is 1.24 bits per heavy atom. The Bertz CT molecular complexity index is 242. The van der Waals surface area contributed by atoms with Crippen molar-refractivity contribution in [3.63, 3.8) is 0 Å². The monoisotopic (exact) mass is 305 g/mol. The molecule has 1 fully saturated rings. The van der Waals surface area contributed by atoms with E-state index in [-0.39, 0.29) is 6.09 Å². The SMILES string of the molecule is CC(C)(C)OC(=O)NC[C@H]1CC[C@H](CBr)CC1. The summed E-state index contributed by atoms with van der Waals surface area (Å²) in [4.78, 5) is 11.5. The van der Waals surface area contributed by atoms with E-state index < -0.39 is 5.60 Å². The van der Waals surface area contributed by atoms with Crippen LogP contribution < -0.4 is 5.32 Å². The van der Waals surface area contributed by atoms with Gasteiger partial charge in [-0.25, -0.2) is 4.79 Å². The lowest BCUT2D eigenvalue weighted by molar-refractivity contribution is 0.0514. The maximum atomic E-state index is 11.5. The van der Waals surface area contributed by atoms with E-state index in [0.29, 0.717) is 5.92 Å². The summed E-state index contributed by atoms with van der Waals surface area (Å²) < 4.78 is 5.21. The third-order valence-electron chi connectivity index (χ3n) is 3.12. The molecule has 0 aromatic rings. The van der Waals surface area contributed by atoms with Gasteiger partial charge in [0.15, 0.2) is 0 Å². The first-order valence-electron chi connectivity index (χ1n) is 6.43. The van der Waals surface area contributed by atoms with E-state index in [1.165, 1.54) is 25.7 Å². The van der Waals surface area contributed by atoms with Crippen molar-refractivity contribution in [3.8, 4) is 0 Å². The molecule has 0 atom stereocenters. The zero-order chi connectivity index (χ0) is 12.9. The van der Waals surface area contributed by atoms with E-state index >= 15 is 0 Å². The van der Waals surface area contributed by atoms with Gasteiger partial charge in [-0.1, -0.05) is 15.9 Å². The lowest BCUT2D eigenvalue weighted by Crippen LogP contribution is -2.36. The van der Waals surface area contributed by atoms with Gasteiger partial charge < -0.3 is 10.1 Å². The molecule has 0 aromatic heterocycles. The predicted molar refractivity (Wildman–Crippen MR) is 73.5 cm³/mol. The second-order valence-corrected chi connectivity index (χ2v) is 6.57. The summed E-state index contributed by atoms with van der Waals surface area (Å²) in [6.45, 7) is 6.40. The van der Waals surface area contributed by atoms with E-state index in [2.05, 4.69) is 21.2 Å². The van der Waals surface area contributed by atoms with Crippen LogP contribution in [0.15, 0.2) is 0 Å². The Morgan fingerprint density at radius 3 is 2.24 bits per heavy atom. The Hall–Kier alpha value is -0.250. The lowest BCUT2D eigenvalue weighted by atomic mass is 9.83. The zero-order valence-electron chi connectivity index (χ0n) is 11.1. The molecule has 0 saturated heterocycles. The van der Waals surface area contributed by atoms with Gasteiger partial charge in [-0.15, -0.1) is 0 Å². The first-order chi connectivity index (χ1) is 7.90. The maximum absolute atomic E-state index is 11.5. The molecule has 3 nitrogen and oxygen atoms in total. The Kier molecular flexibility index (Phi) is 5.77. The standard InChI is InChI=1S/C13H24BrNO2/c1-13(2,3)17-12(16)15-9-11-6-4-10(8-14)5-7-11/h10-11H,4-9H2,1-3H3,(H,15,16)/t10-,11-. The van der Waals surface area contributed by atoms with Crippen LogP contribution in [0, 0.1) is 11.8 Å². The molecule has 0 aliphatic heterocycles. The van der Waals surface area contributed by atoms with Crippen molar-refractivity contribution in [1.29, 1.82) is 0 Å². The van der Waals surface area contributed by atoms with Gasteiger partial charge in [-0.2, -0.15) is 0 Å². The van der Waals surface area contributed by atoms with Gasteiger partial charge in [0.05, 0.1) is 0 Å². The van der Waals surface area contributed by atoms with E-state index in [0.717, 1.165) is 17.8 Å². The molecule has 1 aliphatic rings. The van der Waals surface area contributed by atoms with Crippen LogP contribution in [-0.4, -0.2) is 23.6 Å². The zero-order valence-corrected chi connectivity index (χ0v) is 12.7. The molecule has 17 heavy (non-hydrogen) atoms. The second kappa shape index (κ2) is 6.62. The number of nitrogens with one attached hydrogen (secondary N) is 1. The minimum absolute atomic E-state index is 0.292. The van der Waals surface area contributed by atoms with Crippen LogP contribution in [0.4, 0.5) is 4.79 Å². The van der Waals surface area contributed by atoms with Gasteiger partial charge in [0.1, 0.15) is 5.60 Å². The number of alkyl halides is 1. The summed E-state index contributed by atoms with van der Waals surface area (Å²) in [6.07, 6.45) is 4.68. The molecule has 0 radical (unpaired) electrons. The van der Waals surface area contributed by atoms with Gasteiger partial charge in [0, 0.05) is 11.9 Å². The number of alkyl carbamates (subject to hydrolysis) is 1. The van der Waals surface area contributed by atoms with Crippen LogP contribution in [0.2, 0.25) is 0 Å². The number of ether oxygens (including phenoxy) is 1. The van der Waals surface area contributed by atoms with E-state index in [1.807, 2.05) is 20.8 Å². The van der Waals surface area contributed by atoms with Crippen molar-refractivity contribution in [2.75, 3.05) is 11.9 Å². The smallest absolute Gasteiger partial charge is 0.407 e. The molecule has 1 rings (SSSR count). The van der Waals surface area contributed by atoms with Crippen LogP contribution in [0.3, 0.4) is 0 Å². The summed E-state index contributed by atoms with van der Waals surface area (Å²) >= 11 is 3.54. The highest BCUT2D eigenvalue weighted by Crippen LogP contribution is 2.29. The highest BCUT2D eigenvalue weighted by molar-refractivity contribution is 9.09. The molecule has 100 valence electrons. The topological polar surface area (TPSA) is 38.3 Å². The van der Waals surface area contributed by atoms with Crippen molar-refractivity contribution in [3.05, 3.63) is 0 Å². The number of hydrogen-bond donors (Lipinski definition) is 1. The van der Waals surface area contributed by atoms with Crippen LogP contribution in [0.5, 0.6) is 0 Å². The number of amides is 1. The van der Waals surface area contributed by atoms with E-state index in [4.69, 9.17) is 4.74 Å². The number of hydrogen-bond acceptors (Lipinski definition) is 2. The van der Waals surface area contributed by atoms with Crippen LogP contribution in [0.1, 0.15) is 46.5 Å².